The monoisotopic (exact) mass is 339 g/mol. The standard InChI is InChI=1S/C12H12ClF2NO4S/c1-6-8(2-3-20-6)12(17)16-11-9(14)4-7(5-10(11)15)21(13,18)19/h4-6,8H,2-3H2,1H3,(H,16,17). The number of hydrogen-bond acceptors (Lipinski definition) is 4. The molecule has 2 unspecified atom stereocenters. The molecule has 1 fully saturated rings. The summed E-state index contributed by atoms with van der Waals surface area (Å²) in [5.74, 6) is -3.53. The molecule has 0 aromatic heterocycles. The third-order valence-electron chi connectivity index (χ3n) is 3.26. The maximum absolute atomic E-state index is 13.8. The minimum Gasteiger partial charge on any atom is -0.378 e. The molecule has 1 aliphatic rings. The molecule has 5 nitrogen and oxygen atoms in total. The third-order valence-corrected chi connectivity index (χ3v) is 4.59. The highest BCUT2D eigenvalue weighted by Gasteiger charge is 2.32. The molecule has 1 aromatic rings. The normalized spacial score (nSPS) is 22.3. The Kier molecular flexibility index (Phi) is 4.50. The van der Waals surface area contributed by atoms with Crippen molar-refractivity contribution in [2.75, 3.05) is 11.9 Å². The lowest BCUT2D eigenvalue weighted by molar-refractivity contribution is -0.121. The summed E-state index contributed by atoms with van der Waals surface area (Å²) in [6.45, 7) is 2.08. The van der Waals surface area contributed by atoms with Gasteiger partial charge < -0.3 is 10.1 Å². The Labute approximate surface area is 124 Å². The molecule has 1 heterocycles. The number of ether oxygens (including phenoxy) is 1. The van der Waals surface area contributed by atoms with Crippen LogP contribution in [0.1, 0.15) is 13.3 Å². The van der Waals surface area contributed by atoms with E-state index in [-0.39, 0.29) is 6.10 Å². The summed E-state index contributed by atoms with van der Waals surface area (Å²) < 4.78 is 54.9. The summed E-state index contributed by atoms with van der Waals surface area (Å²) in [5.41, 5.74) is -0.705. The first-order valence-electron chi connectivity index (χ1n) is 6.06. The van der Waals surface area contributed by atoms with E-state index in [1.54, 1.807) is 6.92 Å². The molecule has 1 amide bonds. The highest BCUT2D eigenvalue weighted by Crippen LogP contribution is 2.27. The van der Waals surface area contributed by atoms with Crippen molar-refractivity contribution >= 4 is 31.3 Å². The Bertz CT molecular complexity index is 657. The molecule has 21 heavy (non-hydrogen) atoms. The van der Waals surface area contributed by atoms with Crippen LogP contribution < -0.4 is 5.32 Å². The van der Waals surface area contributed by atoms with Gasteiger partial charge in [0.05, 0.1) is 16.9 Å². The van der Waals surface area contributed by atoms with Crippen LogP contribution in [-0.4, -0.2) is 27.0 Å². The van der Waals surface area contributed by atoms with Gasteiger partial charge in [0.2, 0.25) is 5.91 Å². The van der Waals surface area contributed by atoms with Crippen molar-refractivity contribution in [1.82, 2.24) is 0 Å². The van der Waals surface area contributed by atoms with Crippen LogP contribution in [0.2, 0.25) is 0 Å². The van der Waals surface area contributed by atoms with E-state index in [1.165, 1.54) is 0 Å². The van der Waals surface area contributed by atoms with E-state index >= 15 is 0 Å². The number of amides is 1. The average Bonchev–Trinajstić information content (AvgIpc) is 2.78. The number of rotatable bonds is 3. The predicted molar refractivity (Wildman–Crippen MR) is 71.5 cm³/mol. The Hall–Kier alpha value is -1.25. The number of nitrogens with one attached hydrogen (secondary N) is 1. The zero-order valence-corrected chi connectivity index (χ0v) is 12.5. The molecule has 0 bridgehead atoms. The molecule has 1 aromatic carbocycles. The molecular formula is C12H12ClF2NO4S. The lowest BCUT2D eigenvalue weighted by atomic mass is 10.0. The van der Waals surface area contributed by atoms with E-state index in [2.05, 4.69) is 5.32 Å². The van der Waals surface area contributed by atoms with Crippen molar-refractivity contribution in [3.8, 4) is 0 Å². The first kappa shape index (κ1) is 16.1. The minimum absolute atomic E-state index is 0.349. The second-order valence-corrected chi connectivity index (χ2v) is 7.23. The molecule has 0 spiro atoms. The summed E-state index contributed by atoms with van der Waals surface area (Å²) in [4.78, 5) is 11.2. The van der Waals surface area contributed by atoms with Crippen molar-refractivity contribution in [3.63, 3.8) is 0 Å². The zero-order valence-electron chi connectivity index (χ0n) is 10.9. The topological polar surface area (TPSA) is 72.5 Å². The van der Waals surface area contributed by atoms with Crippen LogP contribution in [0.15, 0.2) is 17.0 Å². The van der Waals surface area contributed by atoms with Crippen LogP contribution in [0.25, 0.3) is 0 Å². The quantitative estimate of drug-likeness (QED) is 0.857. The summed E-state index contributed by atoms with van der Waals surface area (Å²) in [6.07, 6.45) is 0.100. The van der Waals surface area contributed by atoms with Gasteiger partial charge in [-0.05, 0) is 25.5 Å². The number of halogens is 3. The van der Waals surface area contributed by atoms with Gasteiger partial charge in [0.1, 0.15) is 5.69 Å². The highest BCUT2D eigenvalue weighted by atomic mass is 35.7. The minimum atomic E-state index is -4.26. The molecule has 0 aliphatic carbocycles. The molecule has 0 radical (unpaired) electrons. The van der Waals surface area contributed by atoms with Crippen LogP contribution in [0.4, 0.5) is 14.5 Å². The van der Waals surface area contributed by atoms with Gasteiger partial charge in [-0.3, -0.25) is 4.79 Å². The lowest BCUT2D eigenvalue weighted by Gasteiger charge is -2.15. The summed E-state index contributed by atoms with van der Waals surface area (Å²) in [6, 6.07) is 1.10. The maximum atomic E-state index is 13.8. The van der Waals surface area contributed by atoms with E-state index in [9.17, 15) is 22.0 Å². The van der Waals surface area contributed by atoms with Crippen molar-refractivity contribution in [2.24, 2.45) is 5.92 Å². The second kappa shape index (κ2) is 5.86. The Balaban J connectivity index is 2.27. The van der Waals surface area contributed by atoms with Crippen molar-refractivity contribution in [1.29, 1.82) is 0 Å². The van der Waals surface area contributed by atoms with Crippen molar-refractivity contribution in [2.45, 2.75) is 24.3 Å². The van der Waals surface area contributed by atoms with E-state index in [4.69, 9.17) is 15.4 Å². The SMILES string of the molecule is CC1OCCC1C(=O)Nc1c(F)cc(S(=O)(=O)Cl)cc1F. The predicted octanol–water partition coefficient (Wildman–Crippen LogP) is 2.26. The summed E-state index contributed by atoms with van der Waals surface area (Å²) in [7, 11) is 0.760. The maximum Gasteiger partial charge on any atom is 0.261 e. The van der Waals surface area contributed by atoms with Gasteiger partial charge in [-0.2, -0.15) is 0 Å². The second-order valence-electron chi connectivity index (χ2n) is 4.66. The number of carbonyl (C=O) groups is 1. The molecule has 1 aliphatic heterocycles. The van der Waals surface area contributed by atoms with Gasteiger partial charge in [-0.1, -0.05) is 0 Å². The fraction of sp³-hybridized carbons (Fsp3) is 0.417. The third kappa shape index (κ3) is 3.50. The van der Waals surface area contributed by atoms with Crippen molar-refractivity contribution in [3.05, 3.63) is 23.8 Å². The first-order valence-corrected chi connectivity index (χ1v) is 8.37. The summed E-state index contributed by atoms with van der Waals surface area (Å²) in [5, 5.41) is 2.12. The van der Waals surface area contributed by atoms with Crippen molar-refractivity contribution < 1.29 is 26.7 Å². The van der Waals surface area contributed by atoms with Crippen LogP contribution in [0.5, 0.6) is 0 Å². The number of carbonyl (C=O) groups excluding carboxylic acids is 1. The van der Waals surface area contributed by atoms with Gasteiger partial charge in [-0.15, -0.1) is 0 Å². The molecule has 0 saturated carbocycles. The highest BCUT2D eigenvalue weighted by molar-refractivity contribution is 8.13. The van der Waals surface area contributed by atoms with Gasteiger partial charge in [0, 0.05) is 17.3 Å². The van der Waals surface area contributed by atoms with Gasteiger partial charge in [0.15, 0.2) is 11.6 Å². The van der Waals surface area contributed by atoms with Crippen LogP contribution in [-0.2, 0) is 18.6 Å². The fourth-order valence-electron chi connectivity index (χ4n) is 2.10. The number of benzene rings is 1. The van der Waals surface area contributed by atoms with Crippen LogP contribution in [0.3, 0.4) is 0 Å². The molecule has 1 saturated heterocycles. The van der Waals surface area contributed by atoms with Gasteiger partial charge in [0.25, 0.3) is 9.05 Å². The Morgan fingerprint density at radius 3 is 2.38 bits per heavy atom. The summed E-state index contributed by atoms with van der Waals surface area (Å²) >= 11 is 0. The zero-order chi connectivity index (χ0) is 15.8. The molecule has 116 valence electrons. The van der Waals surface area contributed by atoms with Gasteiger partial charge in [-0.25, -0.2) is 17.2 Å². The van der Waals surface area contributed by atoms with E-state index < -0.39 is 43.1 Å². The van der Waals surface area contributed by atoms with Crippen LogP contribution >= 0.6 is 10.7 Å². The Morgan fingerprint density at radius 2 is 1.95 bits per heavy atom. The molecule has 2 atom stereocenters. The first-order chi connectivity index (χ1) is 9.70. The lowest BCUT2D eigenvalue weighted by Crippen LogP contribution is -2.28. The molecule has 2 rings (SSSR count). The number of hydrogen-bond donors (Lipinski definition) is 1. The van der Waals surface area contributed by atoms with Gasteiger partial charge >= 0.3 is 0 Å². The average molecular weight is 340 g/mol. The van der Waals surface area contributed by atoms with E-state index in [0.717, 1.165) is 0 Å². The fourth-order valence-corrected chi connectivity index (χ4v) is 2.86. The molecule has 9 heteroatoms. The molecule has 1 N–H and O–H groups in total. The van der Waals surface area contributed by atoms with Crippen LogP contribution in [0, 0.1) is 17.6 Å². The largest absolute Gasteiger partial charge is 0.378 e. The Morgan fingerprint density at radius 1 is 1.38 bits per heavy atom. The van der Waals surface area contributed by atoms with E-state index in [0.29, 0.717) is 25.2 Å². The smallest absolute Gasteiger partial charge is 0.261 e. The molecular weight excluding hydrogens is 328 g/mol. The number of anilines is 1. The van der Waals surface area contributed by atoms with E-state index in [1.807, 2.05) is 0 Å².